The third kappa shape index (κ3) is 6.61. The van der Waals surface area contributed by atoms with Crippen LogP contribution in [0.1, 0.15) is 58.8 Å². The van der Waals surface area contributed by atoms with E-state index in [1.54, 1.807) is 33.7 Å². The maximum atomic E-state index is 12.7. The van der Waals surface area contributed by atoms with E-state index < -0.39 is 23.4 Å². The molecule has 0 atom stereocenters. The number of aromatic nitrogens is 2. The molecule has 10 nitrogen and oxygen atoms in total. The highest BCUT2D eigenvalue weighted by Gasteiger charge is 2.27. The third-order valence-electron chi connectivity index (χ3n) is 7.43. The molecule has 44 heavy (non-hydrogen) atoms. The highest BCUT2D eigenvalue weighted by atomic mass is 33.1. The summed E-state index contributed by atoms with van der Waals surface area (Å²) >= 11 is 0. The Morgan fingerprint density at radius 1 is 0.682 bits per heavy atom. The molecule has 2 aromatic heterocycles. The zero-order valence-corrected chi connectivity index (χ0v) is 27.1. The fourth-order valence-electron chi connectivity index (χ4n) is 5.60. The van der Waals surface area contributed by atoms with Gasteiger partial charge in [-0.1, -0.05) is 33.7 Å². The molecular formula is C32H38N4O6S2. The maximum Gasteiger partial charge on any atom is 0.289 e. The fourth-order valence-corrected chi connectivity index (χ4v) is 7.74. The highest BCUT2D eigenvalue weighted by molar-refractivity contribution is 8.76. The van der Waals surface area contributed by atoms with Gasteiger partial charge in [-0.3, -0.25) is 19.2 Å². The molecule has 234 valence electrons. The summed E-state index contributed by atoms with van der Waals surface area (Å²) in [7, 11) is 3.54. The largest absolute Gasteiger partial charge is 0.493 e. The third-order valence-corrected chi connectivity index (χ3v) is 10.0. The summed E-state index contributed by atoms with van der Waals surface area (Å²) in [5.41, 5.74) is 14.4. The lowest BCUT2D eigenvalue weighted by molar-refractivity contribution is -0.114. The molecule has 0 fully saturated rings. The molecule has 0 radical (unpaired) electrons. The van der Waals surface area contributed by atoms with Crippen molar-refractivity contribution in [2.75, 3.05) is 24.7 Å². The van der Waals surface area contributed by atoms with Crippen LogP contribution in [0, 0.1) is 13.8 Å². The Labute approximate surface area is 264 Å². The molecule has 2 heterocycles. The summed E-state index contributed by atoms with van der Waals surface area (Å²) in [6.45, 7) is 9.62. The molecule has 0 unspecified atom stereocenters. The quantitative estimate of drug-likeness (QED) is 0.0693. The summed E-state index contributed by atoms with van der Waals surface area (Å²) in [5, 5.41) is 1.25. The van der Waals surface area contributed by atoms with Crippen LogP contribution in [0.25, 0.3) is 21.8 Å². The Balaban J connectivity index is 1.38. The van der Waals surface area contributed by atoms with Crippen LogP contribution in [-0.4, -0.2) is 57.2 Å². The van der Waals surface area contributed by atoms with E-state index in [1.165, 1.54) is 0 Å². The molecule has 0 spiro atoms. The van der Waals surface area contributed by atoms with Crippen molar-refractivity contribution in [2.24, 2.45) is 11.5 Å². The van der Waals surface area contributed by atoms with E-state index in [2.05, 4.69) is 9.13 Å². The molecule has 0 aliphatic heterocycles. The minimum Gasteiger partial charge on any atom is -0.493 e. The first-order chi connectivity index (χ1) is 21.1. The van der Waals surface area contributed by atoms with Crippen molar-refractivity contribution in [3.05, 3.63) is 58.9 Å². The number of rotatable bonds is 17. The zero-order chi connectivity index (χ0) is 32.0. The first-order valence-corrected chi connectivity index (χ1v) is 17.0. The van der Waals surface area contributed by atoms with E-state index in [-0.39, 0.29) is 0 Å². The van der Waals surface area contributed by atoms with E-state index in [4.69, 9.17) is 20.9 Å². The second kappa shape index (κ2) is 14.7. The normalized spacial score (nSPS) is 11.3. The minimum absolute atomic E-state index is 0.306. The van der Waals surface area contributed by atoms with Crippen LogP contribution < -0.4 is 20.9 Å². The summed E-state index contributed by atoms with van der Waals surface area (Å²) in [4.78, 5) is 49.1. The van der Waals surface area contributed by atoms with Gasteiger partial charge in [0.05, 0.1) is 46.1 Å². The van der Waals surface area contributed by atoms with E-state index in [9.17, 15) is 19.2 Å². The van der Waals surface area contributed by atoms with Crippen molar-refractivity contribution < 1.29 is 28.7 Å². The van der Waals surface area contributed by atoms with Crippen LogP contribution in [0.15, 0.2) is 36.4 Å². The molecule has 4 N–H and O–H groups in total. The fraction of sp³-hybridized carbons (Fsp3) is 0.375. The van der Waals surface area contributed by atoms with Gasteiger partial charge in [-0.15, -0.1) is 0 Å². The Kier molecular flexibility index (Phi) is 11.0. The standard InChI is InChI=1S/C32H38N4O6S2/c1-5-41-23-13-7-11-21-27(23)25(29(37)31(33)39)19(3)35(21)15-9-17-43-44-18-10-16-36-20(4)26(30(38)32(34)40)28-22(36)12-8-14-24(28)42-6-2/h7-8,11-14H,5-6,9-10,15-18H2,1-4H3,(H2,33,39)(H2,34,40). The first-order valence-electron chi connectivity index (χ1n) is 14.6. The molecule has 0 saturated heterocycles. The van der Waals surface area contributed by atoms with Crippen molar-refractivity contribution in [1.29, 1.82) is 0 Å². The lowest BCUT2D eigenvalue weighted by Crippen LogP contribution is -2.24. The summed E-state index contributed by atoms with van der Waals surface area (Å²) < 4.78 is 15.7. The number of ether oxygens (including phenoxy) is 2. The molecule has 4 aromatic rings. The molecule has 0 saturated carbocycles. The van der Waals surface area contributed by atoms with E-state index in [0.717, 1.165) is 35.4 Å². The van der Waals surface area contributed by atoms with E-state index in [0.29, 0.717) is 71.1 Å². The smallest absolute Gasteiger partial charge is 0.289 e. The van der Waals surface area contributed by atoms with Gasteiger partial charge in [-0.25, -0.2) is 0 Å². The van der Waals surface area contributed by atoms with Crippen molar-refractivity contribution in [1.82, 2.24) is 9.13 Å². The van der Waals surface area contributed by atoms with Gasteiger partial charge in [0, 0.05) is 36.0 Å². The van der Waals surface area contributed by atoms with Gasteiger partial charge in [0.25, 0.3) is 23.4 Å². The molecule has 0 aliphatic rings. The monoisotopic (exact) mass is 638 g/mol. The number of amides is 2. The van der Waals surface area contributed by atoms with E-state index >= 15 is 0 Å². The second-order valence-corrected chi connectivity index (χ2v) is 12.8. The van der Waals surface area contributed by atoms with Crippen LogP contribution in [0.5, 0.6) is 11.5 Å². The topological polar surface area (TPSA) is 149 Å². The molecule has 0 bridgehead atoms. The number of carbonyl (C=O) groups is 4. The van der Waals surface area contributed by atoms with Crippen molar-refractivity contribution in [2.45, 2.75) is 53.6 Å². The Bertz CT molecular complexity index is 1600. The number of fused-ring (bicyclic) bond motifs is 2. The van der Waals surface area contributed by atoms with Gasteiger partial charge in [0.1, 0.15) is 11.5 Å². The number of nitrogens with two attached hydrogens (primary N) is 2. The van der Waals surface area contributed by atoms with Crippen LogP contribution in [0.2, 0.25) is 0 Å². The number of hydrogen-bond donors (Lipinski definition) is 2. The predicted molar refractivity (Wildman–Crippen MR) is 177 cm³/mol. The molecular weight excluding hydrogens is 601 g/mol. The first kappa shape index (κ1) is 33.0. The maximum absolute atomic E-state index is 12.7. The number of nitrogens with zero attached hydrogens (tertiary/aromatic N) is 2. The Hall–Kier alpha value is -3.90. The number of Topliss-reactive ketones (excluding diaryl/α,β-unsaturated/α-hetero) is 2. The molecule has 4 rings (SSSR count). The van der Waals surface area contributed by atoms with Crippen LogP contribution in [0.3, 0.4) is 0 Å². The van der Waals surface area contributed by atoms with E-state index in [1.807, 2.05) is 52.0 Å². The van der Waals surface area contributed by atoms with Gasteiger partial charge in [0.2, 0.25) is 0 Å². The van der Waals surface area contributed by atoms with Crippen molar-refractivity contribution in [3.63, 3.8) is 0 Å². The predicted octanol–water partition coefficient (Wildman–Crippen LogP) is 5.21. The van der Waals surface area contributed by atoms with Crippen LogP contribution in [-0.2, 0) is 22.7 Å². The number of carbonyl (C=O) groups excluding carboxylic acids is 4. The minimum atomic E-state index is -0.987. The lowest BCUT2D eigenvalue weighted by atomic mass is 10.1. The van der Waals surface area contributed by atoms with Gasteiger partial charge >= 0.3 is 0 Å². The van der Waals surface area contributed by atoms with Gasteiger partial charge in [-0.05, 0) is 64.8 Å². The Morgan fingerprint density at radius 2 is 1.07 bits per heavy atom. The average molecular weight is 639 g/mol. The second-order valence-electron chi connectivity index (χ2n) is 10.1. The SMILES string of the molecule is CCOc1cccc2c1c(C(=O)C(N)=O)c(C)n2CCCSSCCCn1c(C)c(C(=O)C(N)=O)c2c(OCC)cccc21. The molecule has 2 amide bonds. The lowest BCUT2D eigenvalue weighted by Gasteiger charge is -2.10. The number of benzene rings is 2. The van der Waals surface area contributed by atoms with Crippen molar-refractivity contribution >= 4 is 66.8 Å². The van der Waals surface area contributed by atoms with Crippen LogP contribution >= 0.6 is 21.6 Å². The number of primary amides is 2. The highest BCUT2D eigenvalue weighted by Crippen LogP contribution is 2.36. The molecule has 0 aliphatic carbocycles. The molecule has 12 heteroatoms. The summed E-state index contributed by atoms with van der Waals surface area (Å²) in [5.74, 6) is -0.510. The Morgan fingerprint density at radius 3 is 1.41 bits per heavy atom. The van der Waals surface area contributed by atoms with Crippen LogP contribution in [0.4, 0.5) is 0 Å². The van der Waals surface area contributed by atoms with Gasteiger partial charge < -0.3 is 30.1 Å². The number of aryl methyl sites for hydroxylation is 2. The number of hydrogen-bond acceptors (Lipinski definition) is 8. The number of ketones is 2. The molecule has 2 aromatic carbocycles. The summed E-state index contributed by atoms with van der Waals surface area (Å²) in [6, 6.07) is 11.2. The van der Waals surface area contributed by atoms with Crippen molar-refractivity contribution in [3.8, 4) is 11.5 Å². The van der Waals surface area contributed by atoms with Gasteiger partial charge in [-0.2, -0.15) is 0 Å². The zero-order valence-electron chi connectivity index (χ0n) is 25.4. The summed E-state index contributed by atoms with van der Waals surface area (Å²) in [6.07, 6.45) is 1.71. The van der Waals surface area contributed by atoms with Gasteiger partial charge in [0.15, 0.2) is 0 Å². The average Bonchev–Trinajstić information content (AvgIpc) is 3.44.